The van der Waals surface area contributed by atoms with Crippen LogP contribution in [0.5, 0.6) is 0 Å². The molecule has 0 atom stereocenters. The van der Waals surface area contributed by atoms with Crippen LogP contribution in [-0.4, -0.2) is 52.2 Å². The lowest BCUT2D eigenvalue weighted by Crippen LogP contribution is -2.13. The van der Waals surface area contributed by atoms with E-state index in [0.29, 0.717) is 33.0 Å². The summed E-state index contributed by atoms with van der Waals surface area (Å²) in [4.78, 5) is 10.8. The molecule has 0 aromatic carbocycles. The third kappa shape index (κ3) is 14.8. The minimum absolute atomic E-state index is 0.167. The molecule has 0 saturated heterocycles. The summed E-state index contributed by atoms with van der Waals surface area (Å²) in [5, 5.41) is 8.22. The molecule has 0 aliphatic rings. The van der Waals surface area contributed by atoms with Gasteiger partial charge in [-0.2, -0.15) is 5.26 Å². The van der Waals surface area contributed by atoms with Crippen molar-refractivity contribution < 1.29 is 23.7 Å². The first-order valence-electron chi connectivity index (χ1n) is 6.57. The number of nitriles is 1. The Morgan fingerprint density at radius 3 is 2.00 bits per heavy atom. The third-order valence-corrected chi connectivity index (χ3v) is 2.10. The molecule has 0 heterocycles. The molecule has 0 aliphatic heterocycles. The average Bonchev–Trinajstić information content (AvgIpc) is 2.40. The highest BCUT2D eigenvalue weighted by Gasteiger charge is 2.00. The van der Waals surface area contributed by atoms with Gasteiger partial charge in [0.2, 0.25) is 0 Å². The summed E-state index contributed by atoms with van der Waals surface area (Å²) in [6.45, 7) is 5.48. The molecule has 0 radical (unpaired) electrons. The van der Waals surface area contributed by atoms with E-state index < -0.39 is 5.97 Å². The van der Waals surface area contributed by atoms with E-state index in [1.54, 1.807) is 6.07 Å². The second kappa shape index (κ2) is 14.9. The van der Waals surface area contributed by atoms with Crippen LogP contribution in [0, 0.1) is 11.3 Å². The second-order valence-corrected chi connectivity index (χ2v) is 3.75. The largest absolute Gasteiger partial charge is 0.462 e. The maximum Gasteiger partial charge on any atom is 0.320 e. The maximum atomic E-state index is 10.8. The highest BCUT2D eigenvalue weighted by atomic mass is 16.6. The van der Waals surface area contributed by atoms with E-state index in [1.807, 2.05) is 0 Å². The molecule has 0 amide bonds. The highest BCUT2D eigenvalue weighted by molar-refractivity contribution is 5.71. The smallest absolute Gasteiger partial charge is 0.320 e. The Morgan fingerprint density at radius 2 is 1.47 bits per heavy atom. The predicted octanol–water partition coefficient (Wildman–Crippen LogP) is 1.29. The van der Waals surface area contributed by atoms with Gasteiger partial charge in [0.05, 0.1) is 39.1 Å². The summed E-state index contributed by atoms with van der Waals surface area (Å²) >= 11 is 0. The fourth-order valence-corrected chi connectivity index (χ4v) is 1.12. The molecule has 0 fully saturated rings. The number of nitrogens with zero attached hydrogens (tertiary/aromatic N) is 1. The standard InChI is InChI=1S/C13H23NO5/c1-2-3-6-16-7-8-17-9-10-18-11-12-19-13(15)4-5-14/h2-4,6-12H2,1H3. The van der Waals surface area contributed by atoms with Gasteiger partial charge < -0.3 is 18.9 Å². The molecular weight excluding hydrogens is 250 g/mol. The Balaban J connectivity index is 3.03. The lowest BCUT2D eigenvalue weighted by molar-refractivity contribution is -0.144. The molecule has 0 saturated carbocycles. The van der Waals surface area contributed by atoms with E-state index in [9.17, 15) is 4.79 Å². The SMILES string of the molecule is CCCCOCCOCCOCCOC(=O)CC#N. The Morgan fingerprint density at radius 1 is 0.947 bits per heavy atom. The molecule has 0 N–H and O–H groups in total. The second-order valence-electron chi connectivity index (χ2n) is 3.75. The van der Waals surface area contributed by atoms with E-state index in [-0.39, 0.29) is 13.0 Å². The van der Waals surface area contributed by atoms with Crippen molar-refractivity contribution in [3.63, 3.8) is 0 Å². The Bertz CT molecular complexity index is 252. The van der Waals surface area contributed by atoms with Gasteiger partial charge in [-0.3, -0.25) is 4.79 Å². The van der Waals surface area contributed by atoms with E-state index >= 15 is 0 Å². The van der Waals surface area contributed by atoms with Crippen LogP contribution in [-0.2, 0) is 23.7 Å². The summed E-state index contributed by atoms with van der Waals surface area (Å²) in [6, 6.07) is 1.71. The Labute approximate surface area is 114 Å². The normalized spacial score (nSPS) is 10.1. The van der Waals surface area contributed by atoms with Crippen LogP contribution >= 0.6 is 0 Å². The zero-order valence-electron chi connectivity index (χ0n) is 11.6. The molecule has 0 aromatic rings. The molecule has 6 nitrogen and oxygen atoms in total. The first-order valence-corrected chi connectivity index (χ1v) is 6.57. The van der Waals surface area contributed by atoms with Crippen LogP contribution in [0.25, 0.3) is 0 Å². The van der Waals surface area contributed by atoms with Crippen molar-refractivity contribution in [2.75, 3.05) is 46.2 Å². The molecule has 19 heavy (non-hydrogen) atoms. The van der Waals surface area contributed by atoms with Crippen LogP contribution in [0.3, 0.4) is 0 Å². The zero-order valence-corrected chi connectivity index (χ0v) is 11.6. The number of ether oxygens (including phenoxy) is 4. The lowest BCUT2D eigenvalue weighted by atomic mass is 10.4. The number of carbonyl (C=O) groups excluding carboxylic acids is 1. The van der Waals surface area contributed by atoms with Gasteiger partial charge in [0.1, 0.15) is 13.0 Å². The van der Waals surface area contributed by atoms with E-state index in [0.717, 1.165) is 19.4 Å². The third-order valence-electron chi connectivity index (χ3n) is 2.10. The number of hydrogen-bond acceptors (Lipinski definition) is 6. The molecule has 110 valence electrons. The van der Waals surface area contributed by atoms with Crippen LogP contribution in [0.4, 0.5) is 0 Å². The van der Waals surface area contributed by atoms with E-state index in [4.69, 9.17) is 24.2 Å². The van der Waals surface area contributed by atoms with Gasteiger partial charge in [-0.25, -0.2) is 0 Å². The summed E-state index contributed by atoms with van der Waals surface area (Å²) < 4.78 is 20.5. The first-order chi connectivity index (χ1) is 9.31. The van der Waals surface area contributed by atoms with Crippen molar-refractivity contribution in [2.24, 2.45) is 0 Å². The Kier molecular flexibility index (Phi) is 14.0. The minimum atomic E-state index is -0.522. The summed E-state index contributed by atoms with van der Waals surface area (Å²) in [6.07, 6.45) is 1.99. The number of unbranched alkanes of at least 4 members (excludes halogenated alkanes) is 1. The molecule has 0 rings (SSSR count). The van der Waals surface area contributed by atoms with Gasteiger partial charge in [-0.05, 0) is 6.42 Å². The van der Waals surface area contributed by atoms with Gasteiger partial charge in [0.25, 0.3) is 0 Å². The van der Waals surface area contributed by atoms with Crippen molar-refractivity contribution in [1.82, 2.24) is 0 Å². The van der Waals surface area contributed by atoms with Crippen LogP contribution < -0.4 is 0 Å². The van der Waals surface area contributed by atoms with Gasteiger partial charge >= 0.3 is 5.97 Å². The van der Waals surface area contributed by atoms with E-state index in [2.05, 4.69) is 6.92 Å². The van der Waals surface area contributed by atoms with Crippen LogP contribution in [0.1, 0.15) is 26.2 Å². The molecule has 0 aliphatic carbocycles. The highest BCUT2D eigenvalue weighted by Crippen LogP contribution is 1.88. The lowest BCUT2D eigenvalue weighted by Gasteiger charge is -2.06. The number of hydrogen-bond donors (Lipinski definition) is 0. The monoisotopic (exact) mass is 273 g/mol. The molecule has 6 heteroatoms. The average molecular weight is 273 g/mol. The fourth-order valence-electron chi connectivity index (χ4n) is 1.12. The molecule has 0 aromatic heterocycles. The number of rotatable bonds is 13. The molecule has 0 bridgehead atoms. The molecule has 0 spiro atoms. The minimum Gasteiger partial charge on any atom is -0.462 e. The van der Waals surface area contributed by atoms with Crippen molar-refractivity contribution >= 4 is 5.97 Å². The fraction of sp³-hybridized carbons (Fsp3) is 0.846. The van der Waals surface area contributed by atoms with Gasteiger partial charge in [-0.1, -0.05) is 13.3 Å². The predicted molar refractivity (Wildman–Crippen MR) is 68.6 cm³/mol. The van der Waals surface area contributed by atoms with Crippen LogP contribution in [0.2, 0.25) is 0 Å². The van der Waals surface area contributed by atoms with Gasteiger partial charge in [-0.15, -0.1) is 0 Å². The molecule has 0 unspecified atom stereocenters. The number of carbonyl (C=O) groups is 1. The van der Waals surface area contributed by atoms with Crippen molar-refractivity contribution in [1.29, 1.82) is 5.26 Å². The van der Waals surface area contributed by atoms with Gasteiger partial charge in [0, 0.05) is 6.61 Å². The summed E-state index contributed by atoms with van der Waals surface area (Å²) in [5.41, 5.74) is 0. The van der Waals surface area contributed by atoms with Crippen LogP contribution in [0.15, 0.2) is 0 Å². The van der Waals surface area contributed by atoms with Gasteiger partial charge in [0.15, 0.2) is 0 Å². The van der Waals surface area contributed by atoms with Crippen molar-refractivity contribution in [2.45, 2.75) is 26.2 Å². The van der Waals surface area contributed by atoms with Crippen molar-refractivity contribution in [3.05, 3.63) is 0 Å². The Hall–Kier alpha value is -1.16. The topological polar surface area (TPSA) is 77.8 Å². The van der Waals surface area contributed by atoms with E-state index in [1.165, 1.54) is 0 Å². The summed E-state index contributed by atoms with van der Waals surface area (Å²) in [7, 11) is 0. The zero-order chi connectivity index (χ0) is 14.2. The maximum absolute atomic E-state index is 10.8. The molecular formula is C13H23NO5. The van der Waals surface area contributed by atoms with Crippen molar-refractivity contribution in [3.8, 4) is 6.07 Å². The number of esters is 1. The summed E-state index contributed by atoms with van der Waals surface area (Å²) in [5.74, 6) is -0.522. The first kappa shape index (κ1) is 17.8. The quantitative estimate of drug-likeness (QED) is 0.372.